The highest BCUT2D eigenvalue weighted by Gasteiger charge is 2.46. The summed E-state index contributed by atoms with van der Waals surface area (Å²) in [7, 11) is 8.26. The predicted octanol–water partition coefficient (Wildman–Crippen LogP) is 3.77. The molecular weight excluding hydrogens is 452 g/mol. The summed E-state index contributed by atoms with van der Waals surface area (Å²) < 4.78 is 0. The van der Waals surface area contributed by atoms with Crippen molar-refractivity contribution in [1.82, 2.24) is 29.4 Å². The predicted molar refractivity (Wildman–Crippen MR) is 159 cm³/mol. The highest BCUT2D eigenvalue weighted by Crippen LogP contribution is 2.32. The standard InChI is InChI=1S/C14H27N3O.C10H19N3O.4CH4/c1-8-12(18)17-13(2,3)9-16(11-15(6)7)10-14(17,4)5;1-4-10(14)13-7-5-12(6-8-13)9-11(2)3;;;;/h8H,1,9-11H2,2-7H3;4H,1,5-9H2,2-3H3;4*1H4. The number of rotatable bonds is 6. The van der Waals surface area contributed by atoms with Gasteiger partial charge in [0.15, 0.2) is 0 Å². The third-order valence-corrected chi connectivity index (χ3v) is 5.65. The van der Waals surface area contributed by atoms with Crippen LogP contribution in [0.3, 0.4) is 0 Å². The van der Waals surface area contributed by atoms with Gasteiger partial charge in [0.05, 0.1) is 24.4 Å². The maximum Gasteiger partial charge on any atom is 0.246 e. The van der Waals surface area contributed by atoms with Crippen molar-refractivity contribution in [2.75, 3.05) is 80.8 Å². The van der Waals surface area contributed by atoms with Crippen molar-refractivity contribution in [3.63, 3.8) is 0 Å². The van der Waals surface area contributed by atoms with E-state index in [-0.39, 0.29) is 52.6 Å². The molecule has 0 unspecified atom stereocenters. The van der Waals surface area contributed by atoms with Crippen molar-refractivity contribution < 1.29 is 9.59 Å². The summed E-state index contributed by atoms with van der Waals surface area (Å²) in [4.78, 5) is 36.2. The topological polar surface area (TPSA) is 53.6 Å². The van der Waals surface area contributed by atoms with Crippen LogP contribution in [0.25, 0.3) is 0 Å². The first-order chi connectivity index (χ1) is 14.7. The van der Waals surface area contributed by atoms with E-state index in [0.29, 0.717) is 0 Å². The van der Waals surface area contributed by atoms with Gasteiger partial charge in [0.1, 0.15) is 0 Å². The van der Waals surface area contributed by atoms with E-state index in [1.165, 1.54) is 12.2 Å². The smallest absolute Gasteiger partial charge is 0.246 e. The van der Waals surface area contributed by atoms with Crippen molar-refractivity contribution in [1.29, 1.82) is 0 Å². The minimum absolute atomic E-state index is 0. The Kier molecular flexibility index (Phi) is 20.3. The average molecular weight is 515 g/mol. The van der Waals surface area contributed by atoms with Gasteiger partial charge < -0.3 is 9.80 Å². The van der Waals surface area contributed by atoms with Crippen LogP contribution in [0.15, 0.2) is 25.3 Å². The van der Waals surface area contributed by atoms with Crippen LogP contribution in [0.1, 0.15) is 57.4 Å². The molecule has 0 aromatic heterocycles. The van der Waals surface area contributed by atoms with E-state index in [9.17, 15) is 9.59 Å². The Hall–Kier alpha value is -1.74. The van der Waals surface area contributed by atoms with E-state index in [1.807, 2.05) is 9.80 Å². The van der Waals surface area contributed by atoms with E-state index in [1.54, 1.807) is 0 Å². The molecule has 8 heteroatoms. The molecule has 2 heterocycles. The van der Waals surface area contributed by atoms with Crippen molar-refractivity contribution in [3.8, 4) is 0 Å². The highest BCUT2D eigenvalue weighted by atomic mass is 16.2. The molecule has 0 spiro atoms. The minimum atomic E-state index is -0.178. The van der Waals surface area contributed by atoms with Crippen LogP contribution in [0, 0.1) is 0 Å². The zero-order chi connectivity index (χ0) is 24.7. The summed E-state index contributed by atoms with van der Waals surface area (Å²) in [5, 5.41) is 0. The SMILES string of the molecule is C.C.C.C.C=CC(=O)N1C(C)(C)CN(CN(C)C)CC1(C)C.C=CC(=O)N1CCN(CN(C)C)CC1. The Morgan fingerprint density at radius 3 is 1.39 bits per heavy atom. The normalized spacial score (nSPS) is 18.8. The van der Waals surface area contributed by atoms with Gasteiger partial charge in [0.2, 0.25) is 11.8 Å². The lowest BCUT2D eigenvalue weighted by Crippen LogP contribution is -2.70. The van der Waals surface area contributed by atoms with Gasteiger partial charge in [0.25, 0.3) is 0 Å². The molecule has 0 aliphatic carbocycles. The van der Waals surface area contributed by atoms with Crippen LogP contribution >= 0.6 is 0 Å². The molecule has 0 bridgehead atoms. The zero-order valence-corrected chi connectivity index (χ0v) is 21.7. The maximum atomic E-state index is 12.1. The Labute approximate surface area is 225 Å². The van der Waals surface area contributed by atoms with Crippen LogP contribution in [-0.4, -0.2) is 133 Å². The third-order valence-electron chi connectivity index (χ3n) is 5.65. The van der Waals surface area contributed by atoms with E-state index >= 15 is 0 Å². The first kappa shape index (κ1) is 41.4. The van der Waals surface area contributed by atoms with Crippen molar-refractivity contribution in [3.05, 3.63) is 25.3 Å². The molecule has 0 radical (unpaired) electrons. The fraction of sp³-hybridized carbons (Fsp3) is 0.786. The van der Waals surface area contributed by atoms with E-state index in [2.05, 4.69) is 88.6 Å². The first-order valence-electron chi connectivity index (χ1n) is 11.4. The molecule has 0 aromatic rings. The van der Waals surface area contributed by atoms with E-state index < -0.39 is 0 Å². The molecule has 36 heavy (non-hydrogen) atoms. The van der Waals surface area contributed by atoms with E-state index in [0.717, 1.165) is 52.6 Å². The lowest BCUT2D eigenvalue weighted by Gasteiger charge is -2.56. The second-order valence-electron chi connectivity index (χ2n) is 10.6. The quantitative estimate of drug-likeness (QED) is 0.503. The summed E-state index contributed by atoms with van der Waals surface area (Å²) >= 11 is 0. The molecule has 0 N–H and O–H groups in total. The molecule has 0 saturated carbocycles. The Balaban J connectivity index is -0.000000262. The molecule has 8 nitrogen and oxygen atoms in total. The fourth-order valence-corrected chi connectivity index (χ4v) is 4.94. The summed E-state index contributed by atoms with van der Waals surface area (Å²) in [6.07, 6.45) is 2.81. The molecule has 2 aliphatic rings. The molecule has 0 aromatic carbocycles. The number of piperazine rings is 2. The Morgan fingerprint density at radius 2 is 1.06 bits per heavy atom. The maximum absolute atomic E-state index is 12.1. The molecule has 2 rings (SSSR count). The first-order valence-corrected chi connectivity index (χ1v) is 11.4. The van der Waals surface area contributed by atoms with Gasteiger partial charge >= 0.3 is 0 Å². The fourth-order valence-electron chi connectivity index (χ4n) is 4.94. The van der Waals surface area contributed by atoms with Crippen LogP contribution < -0.4 is 0 Å². The van der Waals surface area contributed by atoms with Crippen LogP contribution in [0.2, 0.25) is 0 Å². The average Bonchev–Trinajstić information content (AvgIpc) is 2.65. The molecule has 2 saturated heterocycles. The summed E-state index contributed by atoms with van der Waals surface area (Å²) in [5.41, 5.74) is -0.355. The lowest BCUT2D eigenvalue weighted by molar-refractivity contribution is -0.149. The number of carbonyl (C=O) groups is 2. The molecule has 216 valence electrons. The molecular formula is C28H62N6O2. The number of hydrogen-bond donors (Lipinski definition) is 0. The lowest BCUT2D eigenvalue weighted by atomic mass is 9.87. The number of hydrogen-bond acceptors (Lipinski definition) is 6. The van der Waals surface area contributed by atoms with Gasteiger partial charge in [-0.05, 0) is 68.0 Å². The molecule has 2 fully saturated rings. The Morgan fingerprint density at radius 1 is 0.694 bits per heavy atom. The van der Waals surface area contributed by atoms with Crippen molar-refractivity contribution >= 4 is 11.8 Å². The summed E-state index contributed by atoms with van der Waals surface area (Å²) in [5.74, 6) is 0.0732. The van der Waals surface area contributed by atoms with Crippen molar-refractivity contribution in [2.24, 2.45) is 0 Å². The van der Waals surface area contributed by atoms with Gasteiger partial charge in [-0.1, -0.05) is 42.9 Å². The largest absolute Gasteiger partial charge is 0.337 e. The molecule has 0 atom stereocenters. The van der Waals surface area contributed by atoms with Gasteiger partial charge in [-0.3, -0.25) is 29.2 Å². The van der Waals surface area contributed by atoms with Gasteiger partial charge in [-0.15, -0.1) is 0 Å². The summed E-state index contributed by atoms with van der Waals surface area (Å²) in [6, 6.07) is 0. The monoisotopic (exact) mass is 514 g/mol. The van der Waals surface area contributed by atoms with Gasteiger partial charge in [0, 0.05) is 39.3 Å². The number of nitrogens with zero attached hydrogens (tertiary/aromatic N) is 6. The van der Waals surface area contributed by atoms with Gasteiger partial charge in [-0.2, -0.15) is 0 Å². The van der Waals surface area contributed by atoms with Crippen LogP contribution in [0.4, 0.5) is 0 Å². The van der Waals surface area contributed by atoms with E-state index in [4.69, 9.17) is 0 Å². The third kappa shape index (κ3) is 12.5. The van der Waals surface area contributed by atoms with Crippen LogP contribution in [0.5, 0.6) is 0 Å². The minimum Gasteiger partial charge on any atom is -0.337 e. The van der Waals surface area contributed by atoms with Gasteiger partial charge in [-0.25, -0.2) is 0 Å². The Bertz CT molecular complexity index is 634. The summed E-state index contributed by atoms with van der Waals surface area (Å²) in [6.45, 7) is 22.8. The number of amides is 2. The second-order valence-corrected chi connectivity index (χ2v) is 10.6. The second kappa shape index (κ2) is 17.7. The van der Waals surface area contributed by atoms with Crippen molar-refractivity contribution in [2.45, 2.75) is 68.5 Å². The zero-order valence-electron chi connectivity index (χ0n) is 21.7. The molecule has 2 amide bonds. The highest BCUT2D eigenvalue weighted by molar-refractivity contribution is 5.88. The number of carbonyl (C=O) groups excluding carboxylic acids is 2. The van der Waals surface area contributed by atoms with Crippen LogP contribution in [-0.2, 0) is 9.59 Å². The molecule has 2 aliphatic heterocycles.